The van der Waals surface area contributed by atoms with Crippen LogP contribution in [0.5, 0.6) is 0 Å². The average molecular weight is 275 g/mol. The molecule has 2 rings (SSSR count). The van der Waals surface area contributed by atoms with Crippen molar-refractivity contribution in [3.8, 4) is 0 Å². The fraction of sp³-hybridized carbons (Fsp3) is 0.588. The van der Waals surface area contributed by atoms with Crippen LogP contribution >= 0.6 is 0 Å². The Hall–Kier alpha value is -1.35. The zero-order valence-electron chi connectivity index (χ0n) is 12.8. The minimum absolute atomic E-state index is 0.0664. The third-order valence-corrected chi connectivity index (χ3v) is 4.47. The molecule has 1 aliphatic carbocycles. The van der Waals surface area contributed by atoms with Crippen LogP contribution in [0.3, 0.4) is 0 Å². The Morgan fingerprint density at radius 1 is 1.35 bits per heavy atom. The van der Waals surface area contributed by atoms with Crippen molar-refractivity contribution in [1.29, 1.82) is 0 Å². The molecule has 0 bridgehead atoms. The molecule has 1 aliphatic rings. The van der Waals surface area contributed by atoms with Crippen LogP contribution in [0.2, 0.25) is 0 Å². The molecule has 20 heavy (non-hydrogen) atoms. The normalized spacial score (nSPS) is 22.4. The van der Waals surface area contributed by atoms with E-state index in [1.54, 1.807) is 0 Å². The second-order valence-corrected chi connectivity index (χ2v) is 6.85. The van der Waals surface area contributed by atoms with Crippen LogP contribution in [0.25, 0.3) is 0 Å². The quantitative estimate of drug-likeness (QED) is 0.885. The van der Waals surface area contributed by atoms with Crippen LogP contribution in [0, 0.1) is 11.3 Å². The number of benzene rings is 1. The number of carboxylic acid groups (broad SMARTS) is 1. The summed E-state index contributed by atoms with van der Waals surface area (Å²) in [5.41, 5.74) is 2.67. The van der Waals surface area contributed by atoms with Crippen molar-refractivity contribution in [2.45, 2.75) is 52.6 Å². The summed E-state index contributed by atoms with van der Waals surface area (Å²) in [6, 6.07) is 7.98. The molecule has 2 N–H and O–H groups in total. The van der Waals surface area contributed by atoms with Crippen LogP contribution in [-0.2, 0) is 11.2 Å². The first-order chi connectivity index (χ1) is 9.33. The molecule has 3 nitrogen and oxygen atoms in total. The highest BCUT2D eigenvalue weighted by Crippen LogP contribution is 2.43. The standard InChI is InChI=1S/C17H25NO2/c1-11(2)14(16(19)20)18-15-13-8-6-5-7-12(13)9-10-17(15,3)4/h5-8,11,14-15,18H,9-10H2,1-4H3,(H,19,20). The molecule has 0 fully saturated rings. The van der Waals surface area contributed by atoms with E-state index in [4.69, 9.17) is 0 Å². The predicted molar refractivity (Wildman–Crippen MR) is 80.7 cm³/mol. The van der Waals surface area contributed by atoms with Gasteiger partial charge in [0.05, 0.1) is 0 Å². The van der Waals surface area contributed by atoms with Gasteiger partial charge in [-0.2, -0.15) is 0 Å². The minimum atomic E-state index is -0.765. The van der Waals surface area contributed by atoms with E-state index in [0.29, 0.717) is 0 Å². The van der Waals surface area contributed by atoms with Gasteiger partial charge < -0.3 is 5.11 Å². The molecular formula is C17H25NO2. The Morgan fingerprint density at radius 2 is 2.00 bits per heavy atom. The molecule has 0 saturated carbocycles. The van der Waals surface area contributed by atoms with Gasteiger partial charge in [0.25, 0.3) is 0 Å². The lowest BCUT2D eigenvalue weighted by Crippen LogP contribution is -2.48. The Bertz CT molecular complexity index is 494. The third-order valence-electron chi connectivity index (χ3n) is 4.47. The highest BCUT2D eigenvalue weighted by Gasteiger charge is 2.38. The second-order valence-electron chi connectivity index (χ2n) is 6.85. The van der Waals surface area contributed by atoms with Crippen molar-refractivity contribution in [3.63, 3.8) is 0 Å². The molecular weight excluding hydrogens is 250 g/mol. The van der Waals surface area contributed by atoms with E-state index >= 15 is 0 Å². The van der Waals surface area contributed by atoms with Crippen molar-refractivity contribution in [2.75, 3.05) is 0 Å². The molecule has 0 heterocycles. The first-order valence-corrected chi connectivity index (χ1v) is 7.39. The van der Waals surface area contributed by atoms with E-state index in [-0.39, 0.29) is 17.4 Å². The van der Waals surface area contributed by atoms with E-state index in [2.05, 4.69) is 37.4 Å². The molecule has 2 unspecified atom stereocenters. The minimum Gasteiger partial charge on any atom is -0.480 e. The summed E-state index contributed by atoms with van der Waals surface area (Å²) in [6.07, 6.45) is 2.15. The van der Waals surface area contributed by atoms with Gasteiger partial charge in [0.1, 0.15) is 6.04 Å². The Labute approximate surface area is 121 Å². The van der Waals surface area contributed by atoms with Gasteiger partial charge in [-0.1, -0.05) is 52.0 Å². The van der Waals surface area contributed by atoms with Crippen LogP contribution in [0.4, 0.5) is 0 Å². The van der Waals surface area contributed by atoms with Gasteiger partial charge in [0, 0.05) is 6.04 Å². The molecule has 0 amide bonds. The number of aliphatic carboxylic acids is 1. The summed E-state index contributed by atoms with van der Waals surface area (Å²) < 4.78 is 0. The maximum Gasteiger partial charge on any atom is 0.320 e. The van der Waals surface area contributed by atoms with Gasteiger partial charge in [0.15, 0.2) is 0 Å². The number of fused-ring (bicyclic) bond motifs is 1. The SMILES string of the molecule is CC(C)C(NC1c2ccccc2CCC1(C)C)C(=O)O. The van der Waals surface area contributed by atoms with Crippen molar-refractivity contribution >= 4 is 5.97 Å². The molecule has 110 valence electrons. The number of rotatable bonds is 4. The topological polar surface area (TPSA) is 49.3 Å². The molecule has 1 aromatic carbocycles. The van der Waals surface area contributed by atoms with E-state index in [9.17, 15) is 9.90 Å². The Balaban J connectivity index is 2.34. The number of hydrogen-bond acceptors (Lipinski definition) is 2. The number of hydrogen-bond donors (Lipinski definition) is 2. The lowest BCUT2D eigenvalue weighted by Gasteiger charge is -2.42. The molecule has 0 aromatic heterocycles. The van der Waals surface area contributed by atoms with E-state index in [1.807, 2.05) is 19.9 Å². The summed E-state index contributed by atoms with van der Waals surface area (Å²) in [5.74, 6) is -0.698. The molecule has 1 aromatic rings. The molecule has 2 atom stereocenters. The lowest BCUT2D eigenvalue weighted by atomic mass is 9.70. The first-order valence-electron chi connectivity index (χ1n) is 7.39. The largest absolute Gasteiger partial charge is 0.480 e. The number of carbonyl (C=O) groups is 1. The molecule has 3 heteroatoms. The number of nitrogens with one attached hydrogen (secondary N) is 1. The predicted octanol–water partition coefficient (Wildman–Crippen LogP) is 3.40. The first kappa shape index (κ1) is 15.0. The number of carboxylic acids is 1. The monoisotopic (exact) mass is 275 g/mol. The highest BCUT2D eigenvalue weighted by atomic mass is 16.4. The average Bonchev–Trinajstić information content (AvgIpc) is 2.36. The fourth-order valence-electron chi connectivity index (χ4n) is 3.11. The van der Waals surface area contributed by atoms with Gasteiger partial charge in [-0.15, -0.1) is 0 Å². The van der Waals surface area contributed by atoms with Crippen molar-refractivity contribution in [3.05, 3.63) is 35.4 Å². The van der Waals surface area contributed by atoms with Gasteiger partial charge in [0.2, 0.25) is 0 Å². The van der Waals surface area contributed by atoms with Crippen LogP contribution < -0.4 is 5.32 Å². The van der Waals surface area contributed by atoms with Crippen molar-refractivity contribution in [1.82, 2.24) is 5.32 Å². The van der Waals surface area contributed by atoms with E-state index in [0.717, 1.165) is 12.8 Å². The summed E-state index contributed by atoms with van der Waals surface area (Å²) in [7, 11) is 0. The zero-order valence-corrected chi connectivity index (χ0v) is 12.8. The number of aryl methyl sites for hydroxylation is 1. The summed E-state index contributed by atoms with van der Waals surface area (Å²) in [4.78, 5) is 11.5. The third kappa shape index (κ3) is 2.88. The summed E-state index contributed by atoms with van der Waals surface area (Å²) in [6.45, 7) is 8.35. The molecule has 0 radical (unpaired) electrons. The molecule has 0 spiro atoms. The molecule has 0 aliphatic heterocycles. The van der Waals surface area contributed by atoms with E-state index < -0.39 is 12.0 Å². The highest BCUT2D eigenvalue weighted by molar-refractivity contribution is 5.73. The maximum absolute atomic E-state index is 11.5. The van der Waals surface area contributed by atoms with Gasteiger partial charge in [-0.3, -0.25) is 10.1 Å². The lowest BCUT2D eigenvalue weighted by molar-refractivity contribution is -0.141. The van der Waals surface area contributed by atoms with Crippen LogP contribution in [0.15, 0.2) is 24.3 Å². The van der Waals surface area contributed by atoms with Crippen LogP contribution in [-0.4, -0.2) is 17.1 Å². The maximum atomic E-state index is 11.5. The van der Waals surface area contributed by atoms with E-state index in [1.165, 1.54) is 11.1 Å². The van der Waals surface area contributed by atoms with Crippen molar-refractivity contribution < 1.29 is 9.90 Å². The van der Waals surface area contributed by atoms with Gasteiger partial charge >= 0.3 is 5.97 Å². The van der Waals surface area contributed by atoms with Crippen molar-refractivity contribution in [2.24, 2.45) is 11.3 Å². The Morgan fingerprint density at radius 3 is 2.60 bits per heavy atom. The second kappa shape index (κ2) is 5.57. The fourth-order valence-corrected chi connectivity index (χ4v) is 3.11. The molecule has 0 saturated heterocycles. The summed E-state index contributed by atoms with van der Waals surface area (Å²) in [5, 5.41) is 12.8. The van der Waals surface area contributed by atoms with Gasteiger partial charge in [-0.05, 0) is 35.3 Å². The summed E-state index contributed by atoms with van der Waals surface area (Å²) >= 11 is 0. The zero-order chi connectivity index (χ0) is 14.9. The van der Waals surface area contributed by atoms with Crippen LogP contribution in [0.1, 0.15) is 51.3 Å². The smallest absolute Gasteiger partial charge is 0.320 e. The Kier molecular flexibility index (Phi) is 4.19. The van der Waals surface area contributed by atoms with Gasteiger partial charge in [-0.25, -0.2) is 0 Å².